The van der Waals surface area contributed by atoms with Gasteiger partial charge in [-0.25, -0.2) is 0 Å². The molecule has 0 aliphatic carbocycles. The van der Waals surface area contributed by atoms with E-state index in [1.54, 1.807) is 6.33 Å². The fourth-order valence-corrected chi connectivity index (χ4v) is 1.97. The third-order valence-corrected chi connectivity index (χ3v) is 3.16. The average molecular weight is 408 g/mol. The van der Waals surface area contributed by atoms with E-state index in [-0.39, 0.29) is 24.0 Å². The van der Waals surface area contributed by atoms with Crippen LogP contribution in [0, 0.1) is 0 Å². The van der Waals surface area contributed by atoms with Crippen molar-refractivity contribution in [2.75, 3.05) is 26.7 Å². The molecule has 0 spiro atoms. The van der Waals surface area contributed by atoms with Crippen molar-refractivity contribution in [3.63, 3.8) is 0 Å². The average Bonchev–Trinajstić information content (AvgIpc) is 2.91. The summed E-state index contributed by atoms with van der Waals surface area (Å²) in [6.07, 6.45) is 5.07. The van der Waals surface area contributed by atoms with E-state index in [9.17, 15) is 0 Å². The Bertz CT molecular complexity index is 404. The molecule has 0 aliphatic heterocycles. The molecule has 1 aromatic rings. The quantitative estimate of drug-likeness (QED) is 0.407. The number of hydrogen-bond donors (Lipinski definition) is 1. The van der Waals surface area contributed by atoms with E-state index >= 15 is 0 Å². The lowest BCUT2D eigenvalue weighted by Gasteiger charge is -2.21. The number of guanidine groups is 1. The summed E-state index contributed by atoms with van der Waals surface area (Å²) in [4.78, 5) is 6.87. The summed E-state index contributed by atoms with van der Waals surface area (Å²) in [6, 6.07) is 0. The lowest BCUT2D eigenvalue weighted by Crippen LogP contribution is -2.39. The molecule has 0 saturated carbocycles. The first-order chi connectivity index (χ1) is 9.72. The van der Waals surface area contributed by atoms with Gasteiger partial charge < -0.3 is 14.8 Å². The zero-order valence-electron chi connectivity index (χ0n) is 13.7. The van der Waals surface area contributed by atoms with Crippen molar-refractivity contribution in [2.24, 2.45) is 4.99 Å². The van der Waals surface area contributed by atoms with Crippen LogP contribution in [0.3, 0.4) is 0 Å². The van der Waals surface area contributed by atoms with E-state index in [1.165, 1.54) is 12.8 Å². The summed E-state index contributed by atoms with van der Waals surface area (Å²) in [5.41, 5.74) is 0. The third-order valence-electron chi connectivity index (χ3n) is 3.16. The number of aryl methyl sites for hydroxylation is 1. The second-order valence-electron chi connectivity index (χ2n) is 4.80. The Labute approximate surface area is 145 Å². The van der Waals surface area contributed by atoms with E-state index in [0.29, 0.717) is 0 Å². The van der Waals surface area contributed by atoms with Crippen LogP contribution in [-0.2, 0) is 13.0 Å². The second-order valence-corrected chi connectivity index (χ2v) is 4.80. The Hall–Kier alpha value is -0.860. The number of unbranched alkanes of at least 4 members (excludes halogenated alkanes) is 1. The Morgan fingerprint density at radius 3 is 2.76 bits per heavy atom. The molecule has 122 valence electrons. The number of nitrogens with one attached hydrogen (secondary N) is 1. The predicted octanol–water partition coefficient (Wildman–Crippen LogP) is 2.16. The van der Waals surface area contributed by atoms with Crippen LogP contribution in [0.4, 0.5) is 0 Å². The molecule has 1 aromatic heterocycles. The molecular formula is C14H29IN6. The normalized spacial score (nSPS) is 11.1. The number of halogens is 1. The number of nitrogens with zero attached hydrogens (tertiary/aromatic N) is 5. The monoisotopic (exact) mass is 408 g/mol. The highest BCUT2D eigenvalue weighted by Crippen LogP contribution is 1.97. The fourth-order valence-electron chi connectivity index (χ4n) is 1.97. The number of aliphatic imine (C=N–C) groups is 1. The predicted molar refractivity (Wildman–Crippen MR) is 98.3 cm³/mol. The lowest BCUT2D eigenvalue weighted by atomic mass is 10.3. The van der Waals surface area contributed by atoms with Gasteiger partial charge in [0, 0.05) is 33.1 Å². The highest BCUT2D eigenvalue weighted by molar-refractivity contribution is 14.0. The smallest absolute Gasteiger partial charge is 0.193 e. The first-order valence-electron chi connectivity index (χ1n) is 7.59. The minimum Gasteiger partial charge on any atom is -0.357 e. The highest BCUT2D eigenvalue weighted by atomic mass is 127. The molecule has 0 bridgehead atoms. The van der Waals surface area contributed by atoms with Gasteiger partial charge in [-0.2, -0.15) is 0 Å². The van der Waals surface area contributed by atoms with Gasteiger partial charge in [-0.15, -0.1) is 34.2 Å². The van der Waals surface area contributed by atoms with Gasteiger partial charge in [-0.05, 0) is 13.3 Å². The van der Waals surface area contributed by atoms with Crippen LogP contribution in [0.15, 0.2) is 11.3 Å². The van der Waals surface area contributed by atoms with Crippen molar-refractivity contribution in [3.05, 3.63) is 12.2 Å². The summed E-state index contributed by atoms with van der Waals surface area (Å²) in [5, 5.41) is 11.4. The van der Waals surface area contributed by atoms with Crippen LogP contribution < -0.4 is 5.32 Å². The van der Waals surface area contributed by atoms with Crippen molar-refractivity contribution in [3.8, 4) is 0 Å². The topological polar surface area (TPSA) is 58.3 Å². The SMILES string of the molecule is CCCCN(C)C(=NCCn1cnnc1CC)NCC.I. The van der Waals surface area contributed by atoms with E-state index < -0.39 is 0 Å². The summed E-state index contributed by atoms with van der Waals surface area (Å²) in [5.74, 6) is 2.00. The van der Waals surface area contributed by atoms with Gasteiger partial charge in [0.25, 0.3) is 0 Å². The molecule has 0 aliphatic rings. The minimum atomic E-state index is 0. The zero-order chi connectivity index (χ0) is 14.8. The van der Waals surface area contributed by atoms with Gasteiger partial charge >= 0.3 is 0 Å². The van der Waals surface area contributed by atoms with Gasteiger partial charge in [0.05, 0.1) is 6.54 Å². The molecule has 1 heterocycles. The third kappa shape index (κ3) is 7.10. The maximum absolute atomic E-state index is 4.67. The van der Waals surface area contributed by atoms with Gasteiger partial charge in [-0.3, -0.25) is 4.99 Å². The maximum atomic E-state index is 4.67. The molecule has 21 heavy (non-hydrogen) atoms. The van der Waals surface area contributed by atoms with Gasteiger partial charge in [0.1, 0.15) is 12.2 Å². The molecule has 0 atom stereocenters. The van der Waals surface area contributed by atoms with Crippen molar-refractivity contribution < 1.29 is 0 Å². The molecule has 0 aromatic carbocycles. The molecule has 0 radical (unpaired) electrons. The maximum Gasteiger partial charge on any atom is 0.193 e. The van der Waals surface area contributed by atoms with Crippen LogP contribution in [0.1, 0.15) is 39.4 Å². The van der Waals surface area contributed by atoms with Crippen molar-refractivity contribution in [1.82, 2.24) is 25.0 Å². The molecular weight excluding hydrogens is 379 g/mol. The van der Waals surface area contributed by atoms with Crippen molar-refractivity contribution >= 4 is 29.9 Å². The standard InChI is InChI=1S/C14H28N6.HI/c1-5-8-10-19(4)14(15-7-3)16-9-11-20-12-17-18-13(20)6-2;/h12H,5-11H2,1-4H3,(H,15,16);1H. The fraction of sp³-hybridized carbons (Fsp3) is 0.786. The van der Waals surface area contributed by atoms with Crippen molar-refractivity contribution in [2.45, 2.75) is 46.6 Å². The molecule has 1 rings (SSSR count). The molecule has 1 N–H and O–H groups in total. The van der Waals surface area contributed by atoms with Crippen LogP contribution in [-0.4, -0.2) is 52.3 Å². The molecule has 0 unspecified atom stereocenters. The Morgan fingerprint density at radius 2 is 2.14 bits per heavy atom. The number of aromatic nitrogens is 3. The number of hydrogen-bond acceptors (Lipinski definition) is 3. The summed E-state index contributed by atoms with van der Waals surface area (Å²) >= 11 is 0. The molecule has 7 heteroatoms. The van der Waals surface area contributed by atoms with Gasteiger partial charge in [0.2, 0.25) is 0 Å². The summed E-state index contributed by atoms with van der Waals surface area (Å²) in [7, 11) is 2.09. The first-order valence-corrected chi connectivity index (χ1v) is 7.59. The van der Waals surface area contributed by atoms with E-state index in [0.717, 1.165) is 44.4 Å². The Morgan fingerprint density at radius 1 is 1.38 bits per heavy atom. The summed E-state index contributed by atoms with van der Waals surface area (Å²) in [6.45, 7) is 9.88. The minimum absolute atomic E-state index is 0. The lowest BCUT2D eigenvalue weighted by molar-refractivity contribution is 0.464. The van der Waals surface area contributed by atoms with E-state index in [2.05, 4.69) is 57.8 Å². The van der Waals surface area contributed by atoms with Crippen LogP contribution in [0.25, 0.3) is 0 Å². The van der Waals surface area contributed by atoms with E-state index in [4.69, 9.17) is 0 Å². The number of rotatable bonds is 8. The highest BCUT2D eigenvalue weighted by Gasteiger charge is 2.05. The largest absolute Gasteiger partial charge is 0.357 e. The van der Waals surface area contributed by atoms with Crippen LogP contribution >= 0.6 is 24.0 Å². The first kappa shape index (κ1) is 20.1. The molecule has 0 fully saturated rings. The molecule has 0 amide bonds. The van der Waals surface area contributed by atoms with Crippen molar-refractivity contribution in [1.29, 1.82) is 0 Å². The van der Waals surface area contributed by atoms with Crippen LogP contribution in [0.2, 0.25) is 0 Å². The zero-order valence-corrected chi connectivity index (χ0v) is 16.0. The second kappa shape index (κ2) is 11.8. The van der Waals surface area contributed by atoms with Gasteiger partial charge in [-0.1, -0.05) is 20.3 Å². The van der Waals surface area contributed by atoms with Crippen LogP contribution in [0.5, 0.6) is 0 Å². The Balaban J connectivity index is 0.00000400. The van der Waals surface area contributed by atoms with E-state index in [1.807, 2.05) is 0 Å². The van der Waals surface area contributed by atoms with Gasteiger partial charge in [0.15, 0.2) is 5.96 Å². The molecule has 6 nitrogen and oxygen atoms in total. The molecule has 0 saturated heterocycles. The Kier molecular flexibility index (Phi) is 11.3. The summed E-state index contributed by atoms with van der Waals surface area (Å²) < 4.78 is 2.07.